The van der Waals surface area contributed by atoms with Gasteiger partial charge in [-0.2, -0.15) is 5.26 Å². The SMILES string of the molecule is C#CC(CC)Nc1ncc(C#N)cc1[N+](=O)[O-]. The van der Waals surface area contributed by atoms with Crippen molar-refractivity contribution in [2.75, 3.05) is 5.32 Å². The monoisotopic (exact) mass is 230 g/mol. The summed E-state index contributed by atoms with van der Waals surface area (Å²) in [6, 6.07) is 2.64. The van der Waals surface area contributed by atoms with Crippen LogP contribution in [0.2, 0.25) is 0 Å². The molecule has 0 aliphatic carbocycles. The lowest BCUT2D eigenvalue weighted by atomic mass is 10.2. The molecule has 0 amide bonds. The van der Waals surface area contributed by atoms with Crippen LogP contribution in [0.1, 0.15) is 18.9 Å². The molecular formula is C11H10N4O2. The Hall–Kier alpha value is -2.60. The zero-order chi connectivity index (χ0) is 12.8. The Kier molecular flexibility index (Phi) is 4.02. The Balaban J connectivity index is 3.12. The number of pyridine rings is 1. The first-order valence-corrected chi connectivity index (χ1v) is 4.89. The number of nitrogens with zero attached hydrogens (tertiary/aromatic N) is 3. The first-order valence-electron chi connectivity index (χ1n) is 4.89. The normalized spacial score (nSPS) is 11.0. The Morgan fingerprint density at radius 3 is 2.94 bits per heavy atom. The highest BCUT2D eigenvalue weighted by Gasteiger charge is 2.18. The van der Waals surface area contributed by atoms with E-state index in [9.17, 15) is 10.1 Å². The molecule has 0 aromatic carbocycles. The summed E-state index contributed by atoms with van der Waals surface area (Å²) in [6.45, 7) is 1.85. The lowest BCUT2D eigenvalue weighted by Gasteiger charge is -2.11. The van der Waals surface area contributed by atoms with Gasteiger partial charge in [-0.25, -0.2) is 4.98 Å². The van der Waals surface area contributed by atoms with Gasteiger partial charge in [0, 0.05) is 12.3 Å². The Morgan fingerprint density at radius 1 is 1.76 bits per heavy atom. The van der Waals surface area contributed by atoms with Gasteiger partial charge in [0.1, 0.15) is 6.07 Å². The van der Waals surface area contributed by atoms with Gasteiger partial charge in [-0.1, -0.05) is 12.8 Å². The molecule has 1 rings (SSSR count). The number of hydrogen-bond acceptors (Lipinski definition) is 5. The van der Waals surface area contributed by atoms with E-state index < -0.39 is 4.92 Å². The maximum absolute atomic E-state index is 10.8. The number of nitro groups is 1. The summed E-state index contributed by atoms with van der Waals surface area (Å²) >= 11 is 0. The molecule has 0 saturated heterocycles. The predicted molar refractivity (Wildman–Crippen MR) is 62.1 cm³/mol. The third kappa shape index (κ3) is 2.93. The van der Waals surface area contributed by atoms with E-state index in [1.54, 1.807) is 6.07 Å². The van der Waals surface area contributed by atoms with E-state index in [1.165, 1.54) is 12.3 Å². The molecular weight excluding hydrogens is 220 g/mol. The van der Waals surface area contributed by atoms with Crippen molar-refractivity contribution in [2.24, 2.45) is 0 Å². The van der Waals surface area contributed by atoms with Gasteiger partial charge in [0.15, 0.2) is 0 Å². The molecule has 1 aromatic heterocycles. The molecule has 17 heavy (non-hydrogen) atoms. The average Bonchev–Trinajstić information content (AvgIpc) is 2.35. The van der Waals surface area contributed by atoms with Gasteiger partial charge in [0.2, 0.25) is 5.82 Å². The van der Waals surface area contributed by atoms with Crippen molar-refractivity contribution >= 4 is 11.5 Å². The highest BCUT2D eigenvalue weighted by molar-refractivity contribution is 5.59. The molecule has 0 aliphatic heterocycles. The molecule has 0 saturated carbocycles. The maximum atomic E-state index is 10.8. The second-order valence-electron chi connectivity index (χ2n) is 3.23. The molecule has 1 atom stereocenters. The molecule has 1 heterocycles. The lowest BCUT2D eigenvalue weighted by Crippen LogP contribution is -2.17. The fourth-order valence-corrected chi connectivity index (χ4v) is 1.19. The van der Waals surface area contributed by atoms with Crippen molar-refractivity contribution in [3.8, 4) is 18.4 Å². The number of aromatic nitrogens is 1. The van der Waals surface area contributed by atoms with Crippen molar-refractivity contribution in [3.05, 3.63) is 27.9 Å². The summed E-state index contributed by atoms with van der Waals surface area (Å²) in [6.07, 6.45) is 7.13. The zero-order valence-electron chi connectivity index (χ0n) is 9.17. The number of hydrogen-bond donors (Lipinski definition) is 1. The molecule has 6 heteroatoms. The molecule has 0 radical (unpaired) electrons. The van der Waals surface area contributed by atoms with Crippen molar-refractivity contribution in [1.82, 2.24) is 4.98 Å². The Bertz CT molecular complexity index is 513. The van der Waals surface area contributed by atoms with Crippen LogP contribution in [0, 0.1) is 33.8 Å². The molecule has 0 spiro atoms. The minimum Gasteiger partial charge on any atom is -0.351 e. The number of rotatable bonds is 4. The quantitative estimate of drug-likeness (QED) is 0.482. The van der Waals surface area contributed by atoms with Crippen LogP contribution >= 0.6 is 0 Å². The first kappa shape index (κ1) is 12.5. The summed E-state index contributed by atoms with van der Waals surface area (Å²) < 4.78 is 0. The summed E-state index contributed by atoms with van der Waals surface area (Å²) in [4.78, 5) is 14.1. The van der Waals surface area contributed by atoms with E-state index >= 15 is 0 Å². The highest BCUT2D eigenvalue weighted by Crippen LogP contribution is 2.23. The predicted octanol–water partition coefficient (Wildman–Crippen LogP) is 1.69. The molecule has 1 N–H and O–H groups in total. The Labute approximate surface area is 98.4 Å². The largest absolute Gasteiger partial charge is 0.351 e. The molecule has 0 fully saturated rings. The maximum Gasteiger partial charge on any atom is 0.312 e. The molecule has 86 valence electrons. The van der Waals surface area contributed by atoms with Crippen molar-refractivity contribution in [1.29, 1.82) is 5.26 Å². The number of terminal acetylenes is 1. The van der Waals surface area contributed by atoms with Gasteiger partial charge in [0.25, 0.3) is 0 Å². The average molecular weight is 230 g/mol. The summed E-state index contributed by atoms with van der Waals surface area (Å²) in [7, 11) is 0. The Morgan fingerprint density at radius 2 is 2.47 bits per heavy atom. The van der Waals surface area contributed by atoms with Crippen LogP contribution in [0.3, 0.4) is 0 Å². The zero-order valence-corrected chi connectivity index (χ0v) is 9.17. The van der Waals surface area contributed by atoms with Crippen LogP contribution < -0.4 is 5.32 Å². The van der Waals surface area contributed by atoms with E-state index in [0.29, 0.717) is 6.42 Å². The van der Waals surface area contributed by atoms with Crippen LogP contribution in [0.15, 0.2) is 12.3 Å². The molecule has 0 bridgehead atoms. The summed E-state index contributed by atoms with van der Waals surface area (Å²) in [5.41, 5.74) is -0.117. The number of anilines is 1. The summed E-state index contributed by atoms with van der Waals surface area (Å²) in [5.74, 6) is 2.54. The highest BCUT2D eigenvalue weighted by atomic mass is 16.6. The third-order valence-corrected chi connectivity index (χ3v) is 2.11. The van der Waals surface area contributed by atoms with Crippen LogP contribution in [0.4, 0.5) is 11.5 Å². The van der Waals surface area contributed by atoms with Gasteiger partial charge in [0.05, 0.1) is 16.5 Å². The van der Waals surface area contributed by atoms with Gasteiger partial charge in [-0.3, -0.25) is 10.1 Å². The van der Waals surface area contributed by atoms with Gasteiger partial charge in [-0.15, -0.1) is 6.42 Å². The minimum atomic E-state index is -0.598. The topological polar surface area (TPSA) is 91.8 Å². The second kappa shape index (κ2) is 5.47. The smallest absolute Gasteiger partial charge is 0.312 e. The van der Waals surface area contributed by atoms with E-state index in [1.807, 2.05) is 6.92 Å². The summed E-state index contributed by atoms with van der Waals surface area (Å²) in [5, 5.41) is 22.2. The van der Waals surface area contributed by atoms with Gasteiger partial charge in [-0.05, 0) is 6.42 Å². The molecule has 0 aliphatic rings. The first-order chi connectivity index (χ1) is 8.12. The molecule has 6 nitrogen and oxygen atoms in total. The van der Waals surface area contributed by atoms with Crippen molar-refractivity contribution < 1.29 is 4.92 Å². The molecule has 1 unspecified atom stereocenters. The molecule has 1 aromatic rings. The minimum absolute atomic E-state index is 0.0822. The number of nitrogens with one attached hydrogen (secondary N) is 1. The van der Waals surface area contributed by atoms with Crippen LogP contribution in [0.5, 0.6) is 0 Å². The van der Waals surface area contributed by atoms with E-state index in [2.05, 4.69) is 16.2 Å². The van der Waals surface area contributed by atoms with Crippen molar-refractivity contribution in [3.63, 3.8) is 0 Å². The second-order valence-corrected chi connectivity index (χ2v) is 3.23. The standard InChI is InChI=1S/C11H10N4O2/c1-3-9(4-2)14-11-10(15(16)17)5-8(6-12)7-13-11/h1,5,7,9H,4H2,2H3,(H,13,14). The third-order valence-electron chi connectivity index (χ3n) is 2.11. The van der Waals surface area contributed by atoms with Crippen molar-refractivity contribution in [2.45, 2.75) is 19.4 Å². The lowest BCUT2D eigenvalue weighted by molar-refractivity contribution is -0.384. The number of nitriles is 1. The van der Waals surface area contributed by atoms with Gasteiger partial charge < -0.3 is 5.32 Å². The van der Waals surface area contributed by atoms with Crippen LogP contribution in [-0.2, 0) is 0 Å². The van der Waals surface area contributed by atoms with Crippen LogP contribution in [0.25, 0.3) is 0 Å². The fourth-order valence-electron chi connectivity index (χ4n) is 1.19. The van der Waals surface area contributed by atoms with Gasteiger partial charge >= 0.3 is 5.69 Å². The fraction of sp³-hybridized carbons (Fsp3) is 0.273. The van der Waals surface area contributed by atoms with E-state index in [4.69, 9.17) is 11.7 Å². The van der Waals surface area contributed by atoms with E-state index in [0.717, 1.165) is 0 Å². The van der Waals surface area contributed by atoms with Crippen LogP contribution in [-0.4, -0.2) is 15.9 Å². The van der Waals surface area contributed by atoms with E-state index in [-0.39, 0.29) is 23.1 Å².